The molecule has 1 N–H and O–H groups in total. The van der Waals surface area contributed by atoms with Crippen molar-refractivity contribution in [2.75, 3.05) is 37.0 Å². The van der Waals surface area contributed by atoms with Crippen molar-refractivity contribution >= 4 is 11.8 Å². The molecule has 5 nitrogen and oxygen atoms in total. The van der Waals surface area contributed by atoms with E-state index in [0.29, 0.717) is 5.56 Å². The molecule has 0 atom stereocenters. The van der Waals surface area contributed by atoms with Crippen LogP contribution in [-0.4, -0.2) is 42.3 Å². The Bertz CT molecular complexity index is 771. The number of nitrogens with zero attached hydrogens (tertiary/aromatic N) is 4. The molecule has 1 aromatic heterocycles. The van der Waals surface area contributed by atoms with Gasteiger partial charge in [0, 0.05) is 20.2 Å². The summed E-state index contributed by atoms with van der Waals surface area (Å²) in [6, 6.07) is 6.22. The molecule has 0 aliphatic carbocycles. The quantitative estimate of drug-likeness (QED) is 0.856. The van der Waals surface area contributed by atoms with Gasteiger partial charge in [-0.2, -0.15) is 18.2 Å². The zero-order valence-electron chi connectivity index (χ0n) is 13.5. The highest BCUT2D eigenvalue weighted by molar-refractivity contribution is 5.49. The topological polar surface area (TPSA) is 52.5 Å². The van der Waals surface area contributed by atoms with E-state index in [-0.39, 0.29) is 24.9 Å². The van der Waals surface area contributed by atoms with Crippen molar-refractivity contribution in [1.82, 2.24) is 9.97 Å². The molecule has 1 fully saturated rings. The maximum Gasteiger partial charge on any atom is 0.433 e. The summed E-state index contributed by atoms with van der Waals surface area (Å²) in [4.78, 5) is 10.6. The van der Waals surface area contributed by atoms with Crippen LogP contribution in [0, 0.1) is 5.82 Å². The first-order chi connectivity index (χ1) is 11.6. The van der Waals surface area contributed by atoms with Crippen molar-refractivity contribution in [1.29, 1.82) is 0 Å². The maximum absolute atomic E-state index is 13.0. The Hall–Kier alpha value is -2.42. The number of halogens is 4. The fraction of sp³-hybridized carbons (Fsp3) is 0.375. The van der Waals surface area contributed by atoms with Crippen LogP contribution in [-0.2, 0) is 11.8 Å². The highest BCUT2D eigenvalue weighted by Crippen LogP contribution is 2.36. The predicted octanol–water partition coefficient (Wildman–Crippen LogP) is 2.41. The number of benzene rings is 1. The average Bonchev–Trinajstić information content (AvgIpc) is 2.51. The lowest BCUT2D eigenvalue weighted by atomic mass is 9.86. The van der Waals surface area contributed by atoms with E-state index in [4.69, 9.17) is 0 Å². The summed E-state index contributed by atoms with van der Waals surface area (Å²) in [5.41, 5.74) is -1.83. The molecule has 1 aliphatic rings. The lowest BCUT2D eigenvalue weighted by molar-refractivity contribution is -0.141. The highest BCUT2D eigenvalue weighted by Gasteiger charge is 2.45. The van der Waals surface area contributed by atoms with Crippen molar-refractivity contribution in [3.63, 3.8) is 0 Å². The third-order valence-corrected chi connectivity index (χ3v) is 4.02. The number of alkyl halides is 3. The third kappa shape index (κ3) is 3.37. The fourth-order valence-electron chi connectivity index (χ4n) is 2.61. The average molecular weight is 356 g/mol. The summed E-state index contributed by atoms with van der Waals surface area (Å²) in [6.45, 7) is 0.0413. The number of rotatable bonds is 3. The molecule has 9 heteroatoms. The van der Waals surface area contributed by atoms with Crippen LogP contribution in [0.1, 0.15) is 11.3 Å². The standard InChI is InChI=1S/C16H16F4N4O/c1-23(2)13-7-12(16(18,19)20)21-14(22-13)24-8-15(25,9-24)10-3-5-11(17)6-4-10/h3-7,25H,8-9H2,1-2H3. The molecule has 0 amide bonds. The second-order valence-corrected chi connectivity index (χ2v) is 6.20. The summed E-state index contributed by atoms with van der Waals surface area (Å²) in [6.07, 6.45) is -4.60. The SMILES string of the molecule is CN(C)c1cc(C(F)(F)F)nc(N2CC(O)(c3ccc(F)cc3)C2)n1. The molecule has 3 rings (SSSR count). The van der Waals surface area contributed by atoms with Gasteiger partial charge in [-0.15, -0.1) is 0 Å². The van der Waals surface area contributed by atoms with Crippen molar-refractivity contribution in [2.45, 2.75) is 11.8 Å². The molecule has 134 valence electrons. The van der Waals surface area contributed by atoms with Gasteiger partial charge in [0.1, 0.15) is 17.2 Å². The minimum absolute atomic E-state index is 0.0206. The van der Waals surface area contributed by atoms with Gasteiger partial charge < -0.3 is 14.9 Å². The van der Waals surface area contributed by atoms with Crippen LogP contribution in [0.3, 0.4) is 0 Å². The molecule has 2 aromatic rings. The Morgan fingerprint density at radius 2 is 1.72 bits per heavy atom. The number of hydrogen-bond donors (Lipinski definition) is 1. The Labute approximate surface area is 141 Å². The van der Waals surface area contributed by atoms with E-state index in [0.717, 1.165) is 6.07 Å². The van der Waals surface area contributed by atoms with Crippen LogP contribution in [0.15, 0.2) is 30.3 Å². The lowest BCUT2D eigenvalue weighted by Gasteiger charge is -2.46. The van der Waals surface area contributed by atoms with Gasteiger partial charge in [-0.05, 0) is 17.7 Å². The number of β-amino-alcohol motifs (C(OH)–C–C–N with tert-alkyl or cyclic N) is 1. The van der Waals surface area contributed by atoms with Gasteiger partial charge >= 0.3 is 6.18 Å². The minimum Gasteiger partial charge on any atom is -0.381 e. The molecule has 1 aliphatic heterocycles. The number of aliphatic hydroxyl groups is 1. The van der Waals surface area contributed by atoms with Crippen molar-refractivity contribution in [3.05, 3.63) is 47.4 Å². The predicted molar refractivity (Wildman–Crippen MR) is 83.9 cm³/mol. The van der Waals surface area contributed by atoms with Gasteiger partial charge in [0.05, 0.1) is 13.1 Å². The first kappa shape index (κ1) is 17.4. The van der Waals surface area contributed by atoms with Crippen LogP contribution >= 0.6 is 0 Å². The molecule has 0 unspecified atom stereocenters. The van der Waals surface area contributed by atoms with Crippen molar-refractivity contribution in [3.8, 4) is 0 Å². The summed E-state index contributed by atoms with van der Waals surface area (Å²) >= 11 is 0. The summed E-state index contributed by atoms with van der Waals surface area (Å²) < 4.78 is 52.1. The first-order valence-corrected chi connectivity index (χ1v) is 7.45. The smallest absolute Gasteiger partial charge is 0.381 e. The molecular weight excluding hydrogens is 340 g/mol. The second kappa shape index (κ2) is 5.83. The summed E-state index contributed by atoms with van der Waals surface area (Å²) in [7, 11) is 3.16. The zero-order valence-corrected chi connectivity index (χ0v) is 13.5. The molecule has 0 spiro atoms. The Morgan fingerprint density at radius 1 is 1.12 bits per heavy atom. The number of aromatic nitrogens is 2. The molecule has 1 saturated heterocycles. The fourth-order valence-corrected chi connectivity index (χ4v) is 2.61. The summed E-state index contributed by atoms with van der Waals surface area (Å²) in [5, 5.41) is 10.6. The van der Waals surface area contributed by atoms with Gasteiger partial charge in [0.2, 0.25) is 5.95 Å². The Kier molecular flexibility index (Phi) is 4.06. The molecule has 0 bridgehead atoms. The molecule has 1 aromatic carbocycles. The summed E-state index contributed by atoms with van der Waals surface area (Å²) in [5.74, 6) is -0.416. The Balaban J connectivity index is 1.86. The van der Waals surface area contributed by atoms with Crippen molar-refractivity contribution in [2.24, 2.45) is 0 Å². The molecule has 25 heavy (non-hydrogen) atoms. The van der Waals surface area contributed by atoms with E-state index in [9.17, 15) is 22.7 Å². The maximum atomic E-state index is 13.0. The van der Waals surface area contributed by atoms with Gasteiger partial charge in [-0.25, -0.2) is 9.37 Å². The monoisotopic (exact) mass is 356 g/mol. The van der Waals surface area contributed by atoms with Gasteiger partial charge in [-0.1, -0.05) is 12.1 Å². The molecule has 0 radical (unpaired) electrons. The Morgan fingerprint density at radius 3 is 2.24 bits per heavy atom. The van der Waals surface area contributed by atoms with E-state index in [2.05, 4.69) is 9.97 Å². The largest absolute Gasteiger partial charge is 0.433 e. The lowest BCUT2D eigenvalue weighted by Crippen LogP contribution is -2.60. The number of hydrogen-bond acceptors (Lipinski definition) is 5. The van der Waals surface area contributed by atoms with Gasteiger partial charge in [-0.3, -0.25) is 0 Å². The van der Waals surface area contributed by atoms with E-state index < -0.39 is 23.3 Å². The van der Waals surface area contributed by atoms with E-state index in [1.165, 1.54) is 34.1 Å². The van der Waals surface area contributed by atoms with Crippen LogP contribution in [0.4, 0.5) is 29.3 Å². The van der Waals surface area contributed by atoms with Crippen LogP contribution in [0.2, 0.25) is 0 Å². The van der Waals surface area contributed by atoms with Crippen LogP contribution in [0.5, 0.6) is 0 Å². The molecule has 2 heterocycles. The second-order valence-electron chi connectivity index (χ2n) is 6.20. The number of anilines is 2. The van der Waals surface area contributed by atoms with E-state index in [1.54, 1.807) is 14.1 Å². The van der Waals surface area contributed by atoms with E-state index in [1.807, 2.05) is 0 Å². The zero-order chi connectivity index (χ0) is 18.4. The highest BCUT2D eigenvalue weighted by atomic mass is 19.4. The molecular formula is C16H16F4N4O. The van der Waals surface area contributed by atoms with Crippen LogP contribution < -0.4 is 9.80 Å². The van der Waals surface area contributed by atoms with Gasteiger partial charge in [0.25, 0.3) is 0 Å². The minimum atomic E-state index is -4.60. The molecule has 0 saturated carbocycles. The van der Waals surface area contributed by atoms with E-state index >= 15 is 0 Å². The van der Waals surface area contributed by atoms with Crippen LogP contribution in [0.25, 0.3) is 0 Å². The van der Waals surface area contributed by atoms with Crippen molar-refractivity contribution < 1.29 is 22.7 Å². The van der Waals surface area contributed by atoms with Gasteiger partial charge in [0.15, 0.2) is 5.69 Å². The first-order valence-electron chi connectivity index (χ1n) is 7.45. The third-order valence-electron chi connectivity index (χ3n) is 4.02. The normalized spacial score (nSPS) is 16.5.